The molecule has 0 spiro atoms. The summed E-state index contributed by atoms with van der Waals surface area (Å²) in [6.45, 7) is 0. The lowest BCUT2D eigenvalue weighted by Crippen LogP contribution is -1.97. The van der Waals surface area contributed by atoms with Gasteiger partial charge in [-0.2, -0.15) is 14.9 Å². The number of methoxy groups -OCH3 is 1. The molecular weight excluding hydrogens is 298 g/mol. The number of para-hydroxylation sites is 1. The van der Waals surface area contributed by atoms with Crippen LogP contribution in [0.3, 0.4) is 0 Å². The molecule has 0 amide bonds. The number of nitrogens with zero attached hydrogens (tertiary/aromatic N) is 4. The summed E-state index contributed by atoms with van der Waals surface area (Å²) in [6, 6.07) is 13.2. The van der Waals surface area contributed by atoms with Crippen molar-refractivity contribution < 1.29 is 4.74 Å². The minimum atomic E-state index is 0.395. The summed E-state index contributed by atoms with van der Waals surface area (Å²) in [5.41, 5.74) is 1.53. The fraction of sp³-hybridized carbons (Fsp3) is 0.0667. The molecule has 0 saturated carbocycles. The number of benzene rings is 1. The van der Waals surface area contributed by atoms with Crippen molar-refractivity contribution in [2.45, 2.75) is 0 Å². The van der Waals surface area contributed by atoms with E-state index in [1.54, 1.807) is 19.5 Å². The Labute approximate surface area is 132 Å². The summed E-state index contributed by atoms with van der Waals surface area (Å²) in [6.07, 6.45) is 3.37. The first-order chi connectivity index (χ1) is 10.8. The standard InChI is InChI=1S/C15H13N5OS/c1-21-13-8-3-2-6-11(13)10-17-20-14(18-19-15(20)22)12-7-4-5-9-16-12/h2-10H,1H3,(H,19,22). The molecule has 2 aromatic heterocycles. The van der Waals surface area contributed by atoms with Crippen LogP contribution in [0.25, 0.3) is 11.5 Å². The molecule has 110 valence electrons. The average molecular weight is 311 g/mol. The highest BCUT2D eigenvalue weighted by molar-refractivity contribution is 7.71. The molecule has 1 N–H and O–H groups in total. The number of hydrogen-bond acceptors (Lipinski definition) is 5. The van der Waals surface area contributed by atoms with Gasteiger partial charge in [-0.05, 0) is 36.5 Å². The fourth-order valence-electron chi connectivity index (χ4n) is 1.95. The van der Waals surface area contributed by atoms with Gasteiger partial charge in [0.05, 0.1) is 13.3 Å². The zero-order chi connectivity index (χ0) is 15.4. The first-order valence-electron chi connectivity index (χ1n) is 6.56. The molecule has 3 aromatic rings. The van der Waals surface area contributed by atoms with Crippen molar-refractivity contribution in [1.82, 2.24) is 19.9 Å². The number of aromatic nitrogens is 4. The summed E-state index contributed by atoms with van der Waals surface area (Å²) in [5, 5.41) is 11.3. The molecule has 0 unspecified atom stereocenters. The van der Waals surface area contributed by atoms with E-state index < -0.39 is 0 Å². The van der Waals surface area contributed by atoms with Crippen LogP contribution in [0.2, 0.25) is 0 Å². The highest BCUT2D eigenvalue weighted by Crippen LogP contribution is 2.16. The van der Waals surface area contributed by atoms with Crippen molar-refractivity contribution >= 4 is 18.4 Å². The van der Waals surface area contributed by atoms with E-state index in [0.717, 1.165) is 11.3 Å². The van der Waals surface area contributed by atoms with Gasteiger partial charge in [0.15, 0.2) is 0 Å². The van der Waals surface area contributed by atoms with E-state index >= 15 is 0 Å². The van der Waals surface area contributed by atoms with Crippen LogP contribution < -0.4 is 4.74 Å². The Morgan fingerprint density at radius 3 is 2.82 bits per heavy atom. The predicted molar refractivity (Wildman–Crippen MR) is 86.6 cm³/mol. The molecular formula is C15H13N5OS. The minimum Gasteiger partial charge on any atom is -0.496 e. The quantitative estimate of drug-likeness (QED) is 0.594. The third kappa shape index (κ3) is 2.79. The monoisotopic (exact) mass is 311 g/mol. The second-order valence-electron chi connectivity index (χ2n) is 4.37. The van der Waals surface area contributed by atoms with E-state index in [1.165, 1.54) is 4.68 Å². The Kier molecular flexibility index (Phi) is 4.06. The van der Waals surface area contributed by atoms with E-state index in [-0.39, 0.29) is 0 Å². The Hall–Kier alpha value is -2.80. The maximum atomic E-state index is 5.30. The Morgan fingerprint density at radius 1 is 1.23 bits per heavy atom. The van der Waals surface area contributed by atoms with Crippen LogP contribution >= 0.6 is 12.2 Å². The maximum absolute atomic E-state index is 5.30. The van der Waals surface area contributed by atoms with Gasteiger partial charge in [-0.1, -0.05) is 18.2 Å². The number of H-pyrrole nitrogens is 1. The number of aromatic amines is 1. The summed E-state index contributed by atoms with van der Waals surface area (Å²) in [5.74, 6) is 1.29. The van der Waals surface area contributed by atoms with Gasteiger partial charge in [-0.15, -0.1) is 0 Å². The van der Waals surface area contributed by atoms with Crippen LogP contribution in [0.5, 0.6) is 5.75 Å². The van der Waals surface area contributed by atoms with Gasteiger partial charge in [0.1, 0.15) is 11.4 Å². The van der Waals surface area contributed by atoms with Crippen LogP contribution in [0, 0.1) is 4.77 Å². The van der Waals surface area contributed by atoms with Crippen LogP contribution in [0.1, 0.15) is 5.56 Å². The second kappa shape index (κ2) is 6.31. The van der Waals surface area contributed by atoms with E-state index in [9.17, 15) is 0 Å². The van der Waals surface area contributed by atoms with Gasteiger partial charge in [-0.25, -0.2) is 5.10 Å². The number of pyridine rings is 1. The average Bonchev–Trinajstić information content (AvgIpc) is 2.95. The van der Waals surface area contributed by atoms with Crippen molar-refractivity contribution in [1.29, 1.82) is 0 Å². The Morgan fingerprint density at radius 2 is 2.05 bits per heavy atom. The Balaban J connectivity index is 2.01. The second-order valence-corrected chi connectivity index (χ2v) is 4.75. The smallest absolute Gasteiger partial charge is 0.216 e. The SMILES string of the molecule is COc1ccccc1C=Nn1c(-c2ccccn2)n[nH]c1=S. The van der Waals surface area contributed by atoms with E-state index in [4.69, 9.17) is 17.0 Å². The number of hydrogen-bond donors (Lipinski definition) is 1. The molecule has 1 aromatic carbocycles. The van der Waals surface area contributed by atoms with Gasteiger partial charge in [-0.3, -0.25) is 4.98 Å². The molecule has 0 saturated heterocycles. The van der Waals surface area contributed by atoms with Crippen molar-refractivity contribution in [2.75, 3.05) is 7.11 Å². The largest absolute Gasteiger partial charge is 0.496 e. The molecule has 0 radical (unpaired) electrons. The highest BCUT2D eigenvalue weighted by Gasteiger charge is 2.08. The van der Waals surface area contributed by atoms with Gasteiger partial charge < -0.3 is 4.74 Å². The molecule has 6 nitrogen and oxygen atoms in total. The van der Waals surface area contributed by atoms with Gasteiger partial charge in [0.25, 0.3) is 0 Å². The molecule has 0 atom stereocenters. The van der Waals surface area contributed by atoms with Crippen molar-refractivity contribution in [3.05, 3.63) is 59.0 Å². The van der Waals surface area contributed by atoms with Gasteiger partial charge >= 0.3 is 0 Å². The van der Waals surface area contributed by atoms with Gasteiger partial charge in [0.2, 0.25) is 10.6 Å². The van der Waals surface area contributed by atoms with Crippen LogP contribution in [0.15, 0.2) is 53.8 Å². The number of rotatable bonds is 4. The molecule has 7 heteroatoms. The lowest BCUT2D eigenvalue weighted by molar-refractivity contribution is 0.414. The lowest BCUT2D eigenvalue weighted by atomic mass is 10.2. The van der Waals surface area contributed by atoms with E-state index in [0.29, 0.717) is 16.3 Å². The van der Waals surface area contributed by atoms with Crippen LogP contribution in [0.4, 0.5) is 0 Å². The summed E-state index contributed by atoms with van der Waals surface area (Å²) >= 11 is 5.22. The molecule has 0 aliphatic carbocycles. The zero-order valence-electron chi connectivity index (χ0n) is 11.8. The molecule has 3 rings (SSSR count). The highest BCUT2D eigenvalue weighted by atomic mass is 32.1. The number of nitrogens with one attached hydrogen (secondary N) is 1. The van der Waals surface area contributed by atoms with Crippen molar-refractivity contribution in [3.63, 3.8) is 0 Å². The van der Waals surface area contributed by atoms with E-state index in [2.05, 4.69) is 20.3 Å². The lowest BCUT2D eigenvalue weighted by Gasteiger charge is -2.03. The van der Waals surface area contributed by atoms with Crippen LogP contribution in [-0.4, -0.2) is 33.2 Å². The molecule has 0 aliphatic rings. The molecule has 0 fully saturated rings. The topological polar surface area (TPSA) is 68.1 Å². The maximum Gasteiger partial charge on any atom is 0.216 e. The fourth-order valence-corrected chi connectivity index (χ4v) is 2.13. The minimum absolute atomic E-state index is 0.395. The van der Waals surface area contributed by atoms with Crippen LogP contribution in [-0.2, 0) is 0 Å². The third-order valence-corrected chi connectivity index (χ3v) is 3.26. The molecule has 22 heavy (non-hydrogen) atoms. The zero-order valence-corrected chi connectivity index (χ0v) is 12.6. The van der Waals surface area contributed by atoms with Gasteiger partial charge in [0, 0.05) is 11.8 Å². The normalized spacial score (nSPS) is 11.0. The molecule has 0 bridgehead atoms. The number of ether oxygens (including phenoxy) is 1. The van der Waals surface area contributed by atoms with E-state index in [1.807, 2.05) is 42.5 Å². The summed E-state index contributed by atoms with van der Waals surface area (Å²) in [4.78, 5) is 4.26. The predicted octanol–water partition coefficient (Wildman–Crippen LogP) is 2.89. The first-order valence-corrected chi connectivity index (χ1v) is 6.96. The Bertz CT molecular complexity index is 854. The third-order valence-electron chi connectivity index (χ3n) is 3.00. The van der Waals surface area contributed by atoms with Crippen molar-refractivity contribution in [2.24, 2.45) is 5.10 Å². The summed E-state index contributed by atoms with van der Waals surface area (Å²) in [7, 11) is 1.62. The first kappa shape index (κ1) is 14.2. The van der Waals surface area contributed by atoms with Crippen molar-refractivity contribution in [3.8, 4) is 17.3 Å². The molecule has 0 aliphatic heterocycles. The summed E-state index contributed by atoms with van der Waals surface area (Å²) < 4.78 is 7.23. The molecule has 2 heterocycles.